The Morgan fingerprint density at radius 2 is 2.00 bits per heavy atom. The second kappa shape index (κ2) is 5.46. The molecule has 23 heavy (non-hydrogen) atoms. The Morgan fingerprint density at radius 3 is 2.61 bits per heavy atom. The molecular weight excluding hydrogens is 284 g/mol. The van der Waals surface area contributed by atoms with Gasteiger partial charge in [0.05, 0.1) is 11.4 Å². The van der Waals surface area contributed by atoms with Gasteiger partial charge >= 0.3 is 0 Å². The van der Waals surface area contributed by atoms with Gasteiger partial charge in [-0.15, -0.1) is 0 Å². The van der Waals surface area contributed by atoms with Crippen LogP contribution in [0, 0.1) is 5.92 Å². The van der Waals surface area contributed by atoms with Gasteiger partial charge in [0.1, 0.15) is 12.3 Å². The van der Waals surface area contributed by atoms with Crippen LogP contribution >= 0.6 is 0 Å². The van der Waals surface area contributed by atoms with E-state index in [0.29, 0.717) is 12.1 Å². The largest absolute Gasteiger partial charge is 0.370 e. The van der Waals surface area contributed by atoms with E-state index in [1.54, 1.807) is 0 Å². The number of hydrogen-bond donors (Lipinski definition) is 3. The van der Waals surface area contributed by atoms with Gasteiger partial charge in [0.25, 0.3) is 0 Å². The van der Waals surface area contributed by atoms with Gasteiger partial charge in [-0.25, -0.2) is 0 Å². The normalized spacial score (nSPS) is 26.4. The van der Waals surface area contributed by atoms with Crippen LogP contribution in [0.1, 0.15) is 37.3 Å². The molecule has 0 aromatic heterocycles. The molecule has 4 N–H and O–H groups in total. The van der Waals surface area contributed by atoms with E-state index >= 15 is 0 Å². The van der Waals surface area contributed by atoms with Crippen LogP contribution in [0.15, 0.2) is 48.9 Å². The lowest BCUT2D eigenvalue weighted by Gasteiger charge is -2.39. The Balaban J connectivity index is 1.71. The van der Waals surface area contributed by atoms with Crippen LogP contribution in [-0.2, 0) is 0 Å². The Labute approximate surface area is 137 Å². The fourth-order valence-electron chi connectivity index (χ4n) is 3.62. The van der Waals surface area contributed by atoms with Crippen LogP contribution in [0.3, 0.4) is 0 Å². The van der Waals surface area contributed by atoms with E-state index in [1.165, 1.54) is 30.4 Å². The fourth-order valence-corrected chi connectivity index (χ4v) is 3.62. The Bertz CT molecular complexity index is 682. The molecule has 0 saturated heterocycles. The number of nitrogens with two attached hydrogens (primary N) is 1. The van der Waals surface area contributed by atoms with E-state index in [4.69, 9.17) is 5.73 Å². The van der Waals surface area contributed by atoms with Gasteiger partial charge in [0, 0.05) is 12.4 Å². The quantitative estimate of drug-likeness (QED) is 0.804. The van der Waals surface area contributed by atoms with Crippen molar-refractivity contribution >= 4 is 11.3 Å². The van der Waals surface area contributed by atoms with Crippen molar-refractivity contribution in [3.8, 4) is 0 Å². The zero-order valence-electron chi connectivity index (χ0n) is 13.5. The van der Waals surface area contributed by atoms with Crippen molar-refractivity contribution in [1.82, 2.24) is 15.5 Å². The summed E-state index contributed by atoms with van der Waals surface area (Å²) in [5.41, 5.74) is 12.1. The minimum absolute atomic E-state index is 0.173. The minimum Gasteiger partial charge on any atom is -0.370 e. The predicted molar refractivity (Wildman–Crippen MR) is 94.4 cm³/mol. The van der Waals surface area contributed by atoms with Crippen LogP contribution in [0.4, 0.5) is 0 Å². The molecule has 2 unspecified atom stereocenters. The van der Waals surface area contributed by atoms with Gasteiger partial charge in [0.2, 0.25) is 0 Å². The molecule has 1 saturated carbocycles. The van der Waals surface area contributed by atoms with Crippen molar-refractivity contribution in [1.29, 1.82) is 0 Å². The summed E-state index contributed by atoms with van der Waals surface area (Å²) in [5.74, 6) is 0.701. The molecule has 2 heterocycles. The lowest BCUT2D eigenvalue weighted by Crippen LogP contribution is -2.49. The molecule has 0 bridgehead atoms. The number of nitrogens with zero attached hydrogens (tertiary/aromatic N) is 1. The SMILES string of the molecule is C=C(C)c1ccc(C2=C3C(N)NC=CN3C(C3CCC3)N2)cc1. The van der Waals surface area contributed by atoms with Crippen molar-refractivity contribution < 1.29 is 0 Å². The van der Waals surface area contributed by atoms with Crippen LogP contribution in [-0.4, -0.2) is 17.2 Å². The number of rotatable bonds is 3. The molecule has 2 aliphatic heterocycles. The summed E-state index contributed by atoms with van der Waals surface area (Å²) in [6, 6.07) is 8.58. The molecule has 1 fully saturated rings. The van der Waals surface area contributed by atoms with Gasteiger partial charge in [-0.05, 0) is 36.8 Å². The third-order valence-electron chi connectivity index (χ3n) is 5.19. The highest BCUT2D eigenvalue weighted by Gasteiger charge is 2.41. The summed E-state index contributed by atoms with van der Waals surface area (Å²) in [4.78, 5) is 2.33. The monoisotopic (exact) mass is 308 g/mol. The summed E-state index contributed by atoms with van der Waals surface area (Å²) < 4.78 is 0. The molecule has 0 spiro atoms. The lowest BCUT2D eigenvalue weighted by atomic mass is 9.82. The second-order valence-electron chi connectivity index (χ2n) is 6.77. The first-order valence-corrected chi connectivity index (χ1v) is 8.39. The minimum atomic E-state index is -0.173. The maximum Gasteiger partial charge on any atom is 0.118 e. The lowest BCUT2D eigenvalue weighted by molar-refractivity contribution is 0.153. The zero-order chi connectivity index (χ0) is 16.0. The Hall–Kier alpha value is -2.20. The smallest absolute Gasteiger partial charge is 0.118 e. The number of fused-ring (bicyclic) bond motifs is 1. The number of hydrogen-bond acceptors (Lipinski definition) is 4. The maximum absolute atomic E-state index is 6.33. The zero-order valence-corrected chi connectivity index (χ0v) is 13.5. The topological polar surface area (TPSA) is 53.3 Å². The van der Waals surface area contributed by atoms with Gasteiger partial charge < -0.3 is 21.3 Å². The van der Waals surface area contributed by atoms with Gasteiger partial charge in [-0.1, -0.05) is 42.8 Å². The van der Waals surface area contributed by atoms with Crippen molar-refractivity contribution in [3.63, 3.8) is 0 Å². The highest BCUT2D eigenvalue weighted by Crippen LogP contribution is 2.39. The highest BCUT2D eigenvalue weighted by atomic mass is 15.4. The molecule has 4 rings (SSSR count). The van der Waals surface area contributed by atoms with Gasteiger partial charge in [-0.3, -0.25) is 0 Å². The first-order chi connectivity index (χ1) is 11.1. The summed E-state index contributed by atoms with van der Waals surface area (Å²) in [6.45, 7) is 6.04. The van der Waals surface area contributed by atoms with E-state index in [9.17, 15) is 0 Å². The molecule has 120 valence electrons. The summed E-state index contributed by atoms with van der Waals surface area (Å²) in [7, 11) is 0. The van der Waals surface area contributed by atoms with E-state index in [-0.39, 0.29) is 6.17 Å². The average molecular weight is 308 g/mol. The van der Waals surface area contributed by atoms with Crippen LogP contribution < -0.4 is 16.4 Å². The maximum atomic E-state index is 6.33. The second-order valence-corrected chi connectivity index (χ2v) is 6.77. The van der Waals surface area contributed by atoms with Crippen molar-refractivity contribution in [3.05, 3.63) is 60.1 Å². The fraction of sp³-hybridized carbons (Fsp3) is 0.368. The van der Waals surface area contributed by atoms with Crippen molar-refractivity contribution in [2.75, 3.05) is 0 Å². The summed E-state index contributed by atoms with van der Waals surface area (Å²) in [6.07, 6.45) is 8.15. The third-order valence-corrected chi connectivity index (χ3v) is 5.19. The van der Waals surface area contributed by atoms with E-state index in [0.717, 1.165) is 17.0 Å². The van der Waals surface area contributed by atoms with Gasteiger partial charge in [0.15, 0.2) is 0 Å². The van der Waals surface area contributed by atoms with E-state index < -0.39 is 0 Å². The highest BCUT2D eigenvalue weighted by molar-refractivity contribution is 5.72. The molecule has 0 amide bonds. The van der Waals surface area contributed by atoms with Crippen molar-refractivity contribution in [2.45, 2.75) is 38.5 Å². The molecule has 1 aromatic carbocycles. The Kier molecular flexibility index (Phi) is 3.42. The number of allylic oxidation sites excluding steroid dienone is 1. The molecule has 2 atom stereocenters. The van der Waals surface area contributed by atoms with E-state index in [2.05, 4.69) is 52.6 Å². The third kappa shape index (κ3) is 2.34. The molecular formula is C19H24N4. The predicted octanol–water partition coefficient (Wildman–Crippen LogP) is 2.78. The number of benzene rings is 1. The molecule has 4 nitrogen and oxygen atoms in total. The molecule has 1 aromatic rings. The molecule has 1 aliphatic carbocycles. The summed E-state index contributed by atoms with van der Waals surface area (Å²) >= 11 is 0. The number of nitrogens with one attached hydrogen (secondary N) is 2. The van der Waals surface area contributed by atoms with Crippen LogP contribution in [0.25, 0.3) is 11.3 Å². The first kappa shape index (κ1) is 14.4. The summed E-state index contributed by atoms with van der Waals surface area (Å²) in [5, 5.41) is 6.96. The van der Waals surface area contributed by atoms with Crippen LogP contribution in [0.2, 0.25) is 0 Å². The molecule has 4 heteroatoms. The average Bonchev–Trinajstić information content (AvgIpc) is 2.87. The molecule has 0 radical (unpaired) electrons. The Morgan fingerprint density at radius 1 is 1.26 bits per heavy atom. The van der Waals surface area contributed by atoms with E-state index in [1.807, 2.05) is 13.1 Å². The van der Waals surface area contributed by atoms with Crippen LogP contribution in [0.5, 0.6) is 0 Å². The first-order valence-electron chi connectivity index (χ1n) is 8.39. The molecule has 3 aliphatic rings. The standard InChI is InChI=1S/C19H24N4/c1-12(2)13-6-8-14(9-7-13)16-17-18(20)21-10-11-23(17)19(22-16)15-4-3-5-15/h6-11,15,18-19,21-22H,1,3-5,20H2,2H3. The van der Waals surface area contributed by atoms with Crippen molar-refractivity contribution in [2.24, 2.45) is 11.7 Å². The van der Waals surface area contributed by atoms with Gasteiger partial charge in [-0.2, -0.15) is 0 Å².